The molecule has 0 fully saturated rings. The highest BCUT2D eigenvalue weighted by atomic mass is 19.4. The number of halogens is 34. The normalized spacial score (nSPS) is 16.4. The number of rotatable bonds is 15. The van der Waals surface area contributed by atoms with Crippen LogP contribution in [-0.4, -0.2) is 88.3 Å². The van der Waals surface area contributed by atoms with E-state index < -0.39 is 135 Å². The summed E-state index contributed by atoms with van der Waals surface area (Å²) in [6.07, 6.45) is -16.5. The molecular weight excluding hydrogens is 956 g/mol. The number of nitro benzene ring substituents is 1. The summed E-state index contributed by atoms with van der Waals surface area (Å²) in [7, 11) is 0. The van der Waals surface area contributed by atoms with Crippen molar-refractivity contribution in [2.24, 2.45) is 0 Å². The van der Waals surface area contributed by atoms with Gasteiger partial charge in [0.2, 0.25) is 0 Å². The summed E-state index contributed by atoms with van der Waals surface area (Å²) in [5.41, 5.74) is -12.0. The van der Waals surface area contributed by atoms with E-state index in [1.165, 1.54) is 0 Å². The molecule has 0 unspecified atom stereocenters. The third-order valence-corrected chi connectivity index (χ3v) is 7.30. The zero-order chi connectivity index (χ0) is 48.4. The van der Waals surface area contributed by atoms with Crippen molar-refractivity contribution < 1.29 is 154 Å². The number of hydrogen-bond acceptors (Lipinski definition) is 2. The van der Waals surface area contributed by atoms with Gasteiger partial charge in [-0.3, -0.25) is 10.1 Å². The highest BCUT2D eigenvalue weighted by molar-refractivity contribution is 5.45. The summed E-state index contributed by atoms with van der Waals surface area (Å²) in [6.45, 7) is 0. The maximum absolute atomic E-state index is 14.7. The van der Waals surface area contributed by atoms with E-state index in [9.17, 15) is 159 Å². The highest BCUT2D eigenvalue weighted by Crippen LogP contribution is 2.67. The zero-order valence-electron chi connectivity index (χ0n) is 25.3. The van der Waals surface area contributed by atoms with Crippen molar-refractivity contribution in [1.82, 2.24) is 0 Å². The monoisotopic (exact) mass is 959 g/mol. The lowest BCUT2D eigenvalue weighted by Crippen LogP contribution is -2.74. The molecule has 0 radical (unpaired) electrons. The van der Waals surface area contributed by atoms with Crippen LogP contribution in [0.4, 0.5) is 155 Å². The molecule has 3 nitrogen and oxygen atoms in total. The van der Waals surface area contributed by atoms with Gasteiger partial charge in [0.05, 0.1) is 4.92 Å². The summed E-state index contributed by atoms with van der Waals surface area (Å²) in [5.74, 6) is -127. The van der Waals surface area contributed by atoms with Crippen LogP contribution in [0.15, 0.2) is 18.2 Å². The van der Waals surface area contributed by atoms with Crippen molar-refractivity contribution in [1.29, 1.82) is 0 Å². The van der Waals surface area contributed by atoms with Crippen LogP contribution < -0.4 is 0 Å². The number of benzene rings is 1. The Morgan fingerprint density at radius 2 is 0.458 bits per heavy atom. The molecular formula is C22H3F34NO2. The van der Waals surface area contributed by atoms with Gasteiger partial charge in [-0.05, 0) is 6.07 Å². The van der Waals surface area contributed by atoms with Crippen molar-refractivity contribution >= 4 is 5.69 Å². The molecule has 0 spiro atoms. The van der Waals surface area contributed by atoms with Crippen LogP contribution >= 0.6 is 0 Å². The van der Waals surface area contributed by atoms with Gasteiger partial charge in [-0.1, -0.05) is 0 Å². The van der Waals surface area contributed by atoms with E-state index in [0.29, 0.717) is 0 Å². The molecule has 0 aliphatic rings. The van der Waals surface area contributed by atoms with Gasteiger partial charge >= 0.3 is 95.3 Å². The molecule has 0 aliphatic carbocycles. The smallest absolute Gasteiger partial charge is 0.258 e. The summed E-state index contributed by atoms with van der Waals surface area (Å²) in [6, 6.07) is -6.15. The van der Waals surface area contributed by atoms with Gasteiger partial charge in [0, 0.05) is 23.3 Å². The van der Waals surface area contributed by atoms with E-state index in [0.717, 1.165) is 0 Å². The fourth-order valence-electron chi connectivity index (χ4n) is 3.77. The van der Waals surface area contributed by atoms with Gasteiger partial charge in [-0.2, -0.15) is 149 Å². The lowest BCUT2D eigenvalue weighted by molar-refractivity contribution is -0.463. The maximum atomic E-state index is 14.7. The number of non-ortho nitro benzene ring substituents is 1. The first kappa shape index (κ1) is 53.3. The van der Waals surface area contributed by atoms with E-state index in [1.807, 2.05) is 0 Å². The molecule has 0 heterocycles. The SMILES string of the molecule is O=[N+]([O-])c1cc(C(F)(F)C(F)(F)C(F)(F)C(F)(F)C(F)(F)C(F)(F)C(F)(F)C(F)(F)F)cc(C(F)(F)C(F)(F)C(F)(F)C(F)(F)C(F)(F)C(F)(F)C(F)(F)C(F)(F)F)c1. The first-order chi connectivity index (χ1) is 25.0. The van der Waals surface area contributed by atoms with Gasteiger partial charge < -0.3 is 0 Å². The number of hydrogen-bond donors (Lipinski definition) is 0. The first-order valence-electron chi connectivity index (χ1n) is 12.7. The van der Waals surface area contributed by atoms with Crippen LogP contribution in [0.5, 0.6) is 0 Å². The maximum Gasteiger partial charge on any atom is 0.460 e. The van der Waals surface area contributed by atoms with Crippen LogP contribution in [0.25, 0.3) is 0 Å². The molecule has 0 amide bonds. The molecule has 346 valence electrons. The third kappa shape index (κ3) is 6.56. The van der Waals surface area contributed by atoms with Crippen LogP contribution in [0.3, 0.4) is 0 Å². The number of nitrogens with zero attached hydrogens (tertiary/aromatic N) is 1. The largest absolute Gasteiger partial charge is 0.460 e. The summed E-state index contributed by atoms with van der Waals surface area (Å²) in [5, 5.41) is 10.9. The molecule has 0 atom stereocenters. The molecule has 1 rings (SSSR count). The minimum Gasteiger partial charge on any atom is -0.258 e. The lowest BCUT2D eigenvalue weighted by atomic mass is 9.85. The van der Waals surface area contributed by atoms with E-state index in [4.69, 9.17) is 0 Å². The Bertz CT molecular complexity index is 1630. The Kier molecular flexibility index (Phi) is 12.1. The summed E-state index contributed by atoms with van der Waals surface area (Å²) >= 11 is 0. The van der Waals surface area contributed by atoms with Crippen molar-refractivity contribution in [3.8, 4) is 0 Å². The Balaban J connectivity index is 4.25. The second-order valence-corrected chi connectivity index (χ2v) is 11.1. The van der Waals surface area contributed by atoms with E-state index in [-0.39, 0.29) is 0 Å². The number of nitro groups is 1. The van der Waals surface area contributed by atoms with E-state index >= 15 is 0 Å². The third-order valence-electron chi connectivity index (χ3n) is 7.30. The predicted molar refractivity (Wildman–Crippen MR) is 112 cm³/mol. The van der Waals surface area contributed by atoms with Crippen molar-refractivity contribution in [2.75, 3.05) is 0 Å². The quantitative estimate of drug-likeness (QED) is 0.0999. The molecule has 1 aromatic rings. The minimum atomic E-state index is -9.49. The molecule has 1 aromatic carbocycles. The Hall–Kier alpha value is -3.76. The molecule has 0 N–H and O–H groups in total. The topological polar surface area (TPSA) is 43.1 Å². The molecule has 0 aromatic heterocycles. The van der Waals surface area contributed by atoms with Crippen LogP contribution in [0.2, 0.25) is 0 Å². The van der Waals surface area contributed by atoms with Crippen molar-refractivity contribution in [3.05, 3.63) is 39.4 Å². The summed E-state index contributed by atoms with van der Waals surface area (Å²) in [4.78, 5) is 8.11. The van der Waals surface area contributed by atoms with E-state index in [2.05, 4.69) is 0 Å². The van der Waals surface area contributed by atoms with Crippen LogP contribution in [0, 0.1) is 10.1 Å². The molecule has 59 heavy (non-hydrogen) atoms. The fraction of sp³-hybridized carbons (Fsp3) is 0.727. The molecule has 0 bridgehead atoms. The molecule has 0 aliphatic heterocycles. The molecule has 0 saturated heterocycles. The van der Waals surface area contributed by atoms with E-state index in [1.54, 1.807) is 0 Å². The van der Waals surface area contributed by atoms with Crippen molar-refractivity contribution in [2.45, 2.75) is 95.3 Å². The number of alkyl halides is 34. The molecule has 37 heteroatoms. The van der Waals surface area contributed by atoms with Gasteiger partial charge in [0.1, 0.15) is 0 Å². The second kappa shape index (κ2) is 13.4. The Labute approximate surface area is 296 Å². The predicted octanol–water partition coefficient (Wildman–Crippen LogP) is 12.5. The zero-order valence-corrected chi connectivity index (χ0v) is 25.3. The minimum absolute atomic E-state index is 1.84. The standard InChI is InChI=1S/C22H3F34NO2/c23-7(24,9(27,28)11(31,32)13(35,36)15(39,40)17(43,44)19(47,48)21(51,52)53)4-1-5(3-6(2-4)57(58)59)8(25,26)10(29,30)12(33,34)14(37,38)16(41,42)18(45,46)20(49,50)22(54,55)56/h1-3H. The average molecular weight is 959 g/mol. The Morgan fingerprint density at radius 3 is 0.627 bits per heavy atom. The van der Waals surface area contributed by atoms with Crippen molar-refractivity contribution in [3.63, 3.8) is 0 Å². The fourth-order valence-corrected chi connectivity index (χ4v) is 3.77. The lowest BCUT2D eigenvalue weighted by Gasteiger charge is -2.43. The van der Waals surface area contributed by atoms with Crippen LogP contribution in [0.1, 0.15) is 11.1 Å². The van der Waals surface area contributed by atoms with Gasteiger partial charge in [-0.25, -0.2) is 0 Å². The van der Waals surface area contributed by atoms with Crippen LogP contribution in [-0.2, 0) is 11.8 Å². The summed E-state index contributed by atoms with van der Waals surface area (Å²) < 4.78 is 462. The average Bonchev–Trinajstić information content (AvgIpc) is 3.02. The second-order valence-electron chi connectivity index (χ2n) is 11.1. The highest BCUT2D eigenvalue weighted by Gasteiger charge is 2.97. The first-order valence-corrected chi connectivity index (χ1v) is 12.7. The molecule has 0 saturated carbocycles. The van der Waals surface area contributed by atoms with Gasteiger partial charge in [-0.15, -0.1) is 0 Å². The van der Waals surface area contributed by atoms with Gasteiger partial charge in [0.25, 0.3) is 5.69 Å². The Morgan fingerprint density at radius 1 is 0.288 bits per heavy atom. The van der Waals surface area contributed by atoms with Gasteiger partial charge in [0.15, 0.2) is 0 Å².